The molecule has 0 radical (unpaired) electrons. The summed E-state index contributed by atoms with van der Waals surface area (Å²) in [5, 5.41) is 0. The van der Waals surface area contributed by atoms with Crippen LogP contribution in [0.2, 0.25) is 0 Å². The molecule has 0 spiro atoms. The first-order valence-corrected chi connectivity index (χ1v) is 13.1. The number of amides is 2. The van der Waals surface area contributed by atoms with E-state index in [2.05, 4.69) is 0 Å². The highest BCUT2D eigenvalue weighted by Crippen LogP contribution is 2.19. The van der Waals surface area contributed by atoms with Crippen molar-refractivity contribution >= 4 is 18.0 Å². The molecule has 0 aliphatic heterocycles. The van der Waals surface area contributed by atoms with Crippen LogP contribution < -0.4 is 10.5 Å². The zero-order valence-corrected chi connectivity index (χ0v) is 22.3. The lowest BCUT2D eigenvalue weighted by molar-refractivity contribution is -0.155. The average molecular weight is 533 g/mol. The molecule has 0 heterocycles. The zero-order chi connectivity index (χ0) is 27.9. The molecule has 1 atom stereocenters. The number of ether oxygens (including phenoxy) is 3. The van der Waals surface area contributed by atoms with Crippen molar-refractivity contribution in [3.05, 3.63) is 102 Å². The van der Waals surface area contributed by atoms with Crippen LogP contribution in [0.3, 0.4) is 0 Å². The molecule has 3 aromatic carbocycles. The number of hydrogen-bond acceptors (Lipinski definition) is 7. The molecule has 0 aliphatic rings. The van der Waals surface area contributed by atoms with E-state index >= 15 is 0 Å². The fourth-order valence-electron chi connectivity index (χ4n) is 4.00. The Morgan fingerprint density at radius 1 is 0.744 bits per heavy atom. The Labute approximate surface area is 229 Å². The minimum absolute atomic E-state index is 0.0103. The molecular weight excluding hydrogens is 496 g/mol. The molecule has 39 heavy (non-hydrogen) atoms. The smallest absolute Gasteiger partial charge is 0.417 e. The van der Waals surface area contributed by atoms with Crippen LogP contribution in [0.5, 0.6) is 5.75 Å². The van der Waals surface area contributed by atoms with Crippen LogP contribution in [0.1, 0.15) is 42.4 Å². The highest BCUT2D eigenvalue weighted by molar-refractivity contribution is 5.97. The number of methoxy groups -OCH3 is 1. The predicted molar refractivity (Wildman–Crippen MR) is 148 cm³/mol. The summed E-state index contributed by atoms with van der Waals surface area (Å²) >= 11 is 0. The maximum Gasteiger partial charge on any atom is 0.417 e. The van der Waals surface area contributed by atoms with E-state index in [9.17, 15) is 14.4 Å². The summed E-state index contributed by atoms with van der Waals surface area (Å²) in [6.07, 6.45) is 1.28. The number of hydrogen-bond donors (Lipinski definition) is 1. The fourth-order valence-corrected chi connectivity index (χ4v) is 4.00. The molecule has 0 fully saturated rings. The minimum Gasteiger partial charge on any atom is -0.497 e. The van der Waals surface area contributed by atoms with Crippen LogP contribution in [0, 0.1) is 0 Å². The number of imide groups is 1. The van der Waals surface area contributed by atoms with Crippen molar-refractivity contribution in [1.82, 2.24) is 4.90 Å². The number of nitrogens with zero attached hydrogens (tertiary/aromatic N) is 1. The molecule has 206 valence electrons. The van der Waals surface area contributed by atoms with Gasteiger partial charge in [-0.1, -0.05) is 79.2 Å². The normalized spacial score (nSPS) is 11.3. The van der Waals surface area contributed by atoms with Gasteiger partial charge in [0, 0.05) is 12.8 Å². The lowest BCUT2D eigenvalue weighted by atomic mass is 10.0. The Morgan fingerprint density at radius 2 is 1.33 bits per heavy atom. The molecule has 0 saturated heterocycles. The van der Waals surface area contributed by atoms with Crippen LogP contribution in [0.4, 0.5) is 4.79 Å². The number of rotatable bonds is 14. The molecular formula is C31H36N2O6. The molecule has 8 nitrogen and oxygen atoms in total. The zero-order valence-electron chi connectivity index (χ0n) is 22.3. The molecule has 3 aromatic rings. The molecule has 2 N–H and O–H groups in total. The maximum atomic E-state index is 13.5. The highest BCUT2D eigenvalue weighted by Gasteiger charge is 2.37. The lowest BCUT2D eigenvalue weighted by Crippen LogP contribution is -2.50. The third kappa shape index (κ3) is 9.57. The number of benzene rings is 3. The Morgan fingerprint density at radius 3 is 1.90 bits per heavy atom. The monoisotopic (exact) mass is 532 g/mol. The summed E-state index contributed by atoms with van der Waals surface area (Å²) in [6.45, 7) is 0.490. The van der Waals surface area contributed by atoms with Crippen molar-refractivity contribution in [1.29, 1.82) is 0 Å². The summed E-state index contributed by atoms with van der Waals surface area (Å²) in [5.74, 6) is -0.543. The van der Waals surface area contributed by atoms with E-state index in [0.29, 0.717) is 18.7 Å². The van der Waals surface area contributed by atoms with Crippen LogP contribution in [0.15, 0.2) is 84.9 Å². The predicted octanol–water partition coefficient (Wildman–Crippen LogP) is 5.03. The van der Waals surface area contributed by atoms with E-state index < -0.39 is 24.0 Å². The minimum atomic E-state index is -1.22. The number of carbonyl (C=O) groups is 3. The summed E-state index contributed by atoms with van der Waals surface area (Å²) in [4.78, 5) is 41.2. The third-order valence-electron chi connectivity index (χ3n) is 6.16. The van der Waals surface area contributed by atoms with Crippen LogP contribution >= 0.6 is 0 Å². The van der Waals surface area contributed by atoms with Gasteiger partial charge in [0.2, 0.25) is 5.91 Å². The first-order chi connectivity index (χ1) is 19.0. The van der Waals surface area contributed by atoms with E-state index in [1.807, 2.05) is 60.7 Å². The average Bonchev–Trinajstić information content (AvgIpc) is 2.98. The summed E-state index contributed by atoms with van der Waals surface area (Å²) in [5.41, 5.74) is 7.87. The maximum absolute atomic E-state index is 13.5. The van der Waals surface area contributed by atoms with Crippen molar-refractivity contribution in [2.24, 2.45) is 5.73 Å². The van der Waals surface area contributed by atoms with Gasteiger partial charge in [-0.25, -0.2) is 14.5 Å². The van der Waals surface area contributed by atoms with Crippen molar-refractivity contribution in [2.45, 2.75) is 51.4 Å². The Hall–Kier alpha value is -4.17. The van der Waals surface area contributed by atoms with E-state index in [4.69, 9.17) is 19.9 Å². The first-order valence-electron chi connectivity index (χ1n) is 13.1. The molecule has 0 saturated carbocycles. The summed E-state index contributed by atoms with van der Waals surface area (Å²) < 4.78 is 16.4. The van der Waals surface area contributed by atoms with Gasteiger partial charge in [0.15, 0.2) is 0 Å². The number of carbonyl (C=O) groups excluding carboxylic acids is 3. The second-order valence-electron chi connectivity index (χ2n) is 9.06. The van der Waals surface area contributed by atoms with E-state index in [1.54, 1.807) is 31.4 Å². The van der Waals surface area contributed by atoms with Gasteiger partial charge in [-0.05, 0) is 48.2 Å². The van der Waals surface area contributed by atoms with Gasteiger partial charge in [0.25, 0.3) is 0 Å². The molecule has 0 bridgehead atoms. The standard InChI is InChI=1S/C31H36N2O6/c1-37-27-18-16-24(17-19-27)21-28(30(35)38-22-25-11-5-2-6-12-25)33(29(34)15-9-4-10-20-32)31(36)39-23-26-13-7-3-8-14-26/h2-3,5-8,11-14,16-19,28H,4,9-10,15,20-23,32H2,1H3/t28-/m0/s1. The van der Waals surface area contributed by atoms with E-state index in [1.165, 1.54) is 0 Å². The molecule has 2 amide bonds. The molecule has 8 heteroatoms. The van der Waals surface area contributed by atoms with Gasteiger partial charge in [-0.15, -0.1) is 0 Å². The molecule has 0 aromatic heterocycles. The highest BCUT2D eigenvalue weighted by atomic mass is 16.6. The topological polar surface area (TPSA) is 108 Å². The second kappa shape index (κ2) is 15.9. The quantitative estimate of drug-likeness (QED) is 0.229. The van der Waals surface area contributed by atoms with Gasteiger partial charge in [-0.2, -0.15) is 0 Å². The summed E-state index contributed by atoms with van der Waals surface area (Å²) in [7, 11) is 1.56. The van der Waals surface area contributed by atoms with Gasteiger partial charge in [-0.3, -0.25) is 4.79 Å². The van der Waals surface area contributed by atoms with Crippen molar-refractivity contribution in [3.8, 4) is 5.75 Å². The summed E-state index contributed by atoms with van der Waals surface area (Å²) in [6, 6.07) is 24.2. The molecule has 0 aliphatic carbocycles. The first kappa shape index (κ1) is 29.4. The van der Waals surface area contributed by atoms with Crippen LogP contribution in [0.25, 0.3) is 0 Å². The lowest BCUT2D eigenvalue weighted by Gasteiger charge is -2.28. The van der Waals surface area contributed by atoms with Crippen LogP contribution in [-0.2, 0) is 38.7 Å². The number of nitrogens with two attached hydrogens (primary N) is 1. The molecule has 3 rings (SSSR count). The van der Waals surface area contributed by atoms with Gasteiger partial charge < -0.3 is 19.9 Å². The van der Waals surface area contributed by atoms with Gasteiger partial charge >= 0.3 is 12.1 Å². The Bertz CT molecular complexity index is 1170. The second-order valence-corrected chi connectivity index (χ2v) is 9.06. The Balaban J connectivity index is 1.86. The van der Waals surface area contributed by atoms with Crippen molar-refractivity contribution < 1.29 is 28.6 Å². The van der Waals surface area contributed by atoms with E-state index in [0.717, 1.165) is 34.4 Å². The van der Waals surface area contributed by atoms with Crippen molar-refractivity contribution in [2.75, 3.05) is 13.7 Å². The van der Waals surface area contributed by atoms with E-state index in [-0.39, 0.29) is 26.1 Å². The molecule has 0 unspecified atom stereocenters. The van der Waals surface area contributed by atoms with Crippen LogP contribution in [-0.4, -0.2) is 42.6 Å². The fraction of sp³-hybridized carbons (Fsp3) is 0.323. The Kier molecular flexibility index (Phi) is 12.0. The number of unbranched alkanes of at least 4 members (excludes halogenated alkanes) is 2. The SMILES string of the molecule is COc1ccc(C[C@@H](C(=O)OCc2ccccc2)N(C(=O)CCCCCN)C(=O)OCc2ccccc2)cc1. The van der Waals surface area contributed by atoms with Gasteiger partial charge in [0.05, 0.1) is 7.11 Å². The van der Waals surface area contributed by atoms with Crippen molar-refractivity contribution in [3.63, 3.8) is 0 Å². The number of esters is 1. The third-order valence-corrected chi connectivity index (χ3v) is 6.16. The largest absolute Gasteiger partial charge is 0.497 e. The van der Waals surface area contributed by atoms with Gasteiger partial charge in [0.1, 0.15) is 25.0 Å².